The van der Waals surface area contributed by atoms with Gasteiger partial charge in [0.25, 0.3) is 5.91 Å². The zero-order chi connectivity index (χ0) is 17.8. The number of nitrogens with one attached hydrogen (secondary N) is 1. The Hall–Kier alpha value is -3.03. The molecule has 0 bridgehead atoms. The van der Waals surface area contributed by atoms with Gasteiger partial charge in [0.15, 0.2) is 0 Å². The first-order chi connectivity index (χ1) is 12.0. The van der Waals surface area contributed by atoms with Crippen molar-refractivity contribution < 1.29 is 4.79 Å². The average Bonchev–Trinajstić information content (AvgIpc) is 3.23. The maximum absolute atomic E-state index is 12.6. The molecule has 130 valence electrons. The van der Waals surface area contributed by atoms with E-state index in [1.807, 2.05) is 42.8 Å². The van der Waals surface area contributed by atoms with Gasteiger partial charge >= 0.3 is 0 Å². The lowest BCUT2D eigenvalue weighted by atomic mass is 10.1. The third kappa shape index (κ3) is 3.90. The number of hydrogen-bond donors (Lipinski definition) is 1. The first-order valence-corrected chi connectivity index (χ1v) is 8.16. The zero-order valence-corrected chi connectivity index (χ0v) is 14.5. The van der Waals surface area contributed by atoms with Crippen molar-refractivity contribution in [3.8, 4) is 5.69 Å². The molecule has 1 N–H and O–H groups in total. The van der Waals surface area contributed by atoms with Crippen molar-refractivity contribution in [3.63, 3.8) is 0 Å². The molecule has 8 heteroatoms. The molecule has 8 nitrogen and oxygen atoms in total. The second-order valence-electron chi connectivity index (χ2n) is 6.20. The number of carbonyl (C=O) groups is 1. The SMILES string of the molecule is Cc1cc(C)n(CC(C)CNC(=O)c2ccccc2-n2cnnn2)n1. The molecule has 0 spiro atoms. The van der Waals surface area contributed by atoms with Gasteiger partial charge < -0.3 is 5.32 Å². The largest absolute Gasteiger partial charge is 0.352 e. The number of benzene rings is 1. The van der Waals surface area contributed by atoms with E-state index in [1.165, 1.54) is 11.0 Å². The number of carbonyl (C=O) groups excluding carboxylic acids is 1. The highest BCUT2D eigenvalue weighted by atomic mass is 16.1. The molecule has 2 heterocycles. The summed E-state index contributed by atoms with van der Waals surface area (Å²) in [5.41, 5.74) is 3.31. The van der Waals surface area contributed by atoms with Crippen LogP contribution in [0.25, 0.3) is 5.69 Å². The first-order valence-electron chi connectivity index (χ1n) is 8.16. The Morgan fingerprint density at radius 2 is 2.08 bits per heavy atom. The van der Waals surface area contributed by atoms with Crippen LogP contribution in [0.5, 0.6) is 0 Å². The summed E-state index contributed by atoms with van der Waals surface area (Å²) in [6.45, 7) is 7.42. The molecule has 2 aromatic heterocycles. The normalized spacial score (nSPS) is 12.1. The standard InChI is InChI=1S/C17H21N7O/c1-12(10-23-14(3)8-13(2)20-23)9-18-17(25)15-6-4-5-7-16(15)24-11-19-21-22-24/h4-8,11-12H,9-10H2,1-3H3,(H,18,25). The van der Waals surface area contributed by atoms with E-state index in [9.17, 15) is 4.79 Å². The Balaban J connectivity index is 1.64. The summed E-state index contributed by atoms with van der Waals surface area (Å²) in [6.07, 6.45) is 1.47. The number of nitrogens with zero attached hydrogens (tertiary/aromatic N) is 6. The van der Waals surface area contributed by atoms with Crippen LogP contribution in [0.4, 0.5) is 0 Å². The number of amides is 1. The minimum atomic E-state index is -0.147. The fraction of sp³-hybridized carbons (Fsp3) is 0.353. The van der Waals surface area contributed by atoms with Crippen molar-refractivity contribution in [1.29, 1.82) is 0 Å². The van der Waals surface area contributed by atoms with E-state index in [-0.39, 0.29) is 11.8 Å². The van der Waals surface area contributed by atoms with Gasteiger partial charge in [0.1, 0.15) is 6.33 Å². The summed E-state index contributed by atoms with van der Waals surface area (Å²) < 4.78 is 3.45. The van der Waals surface area contributed by atoms with Gasteiger partial charge in [-0.25, -0.2) is 0 Å². The third-order valence-corrected chi connectivity index (χ3v) is 3.94. The highest BCUT2D eigenvalue weighted by Gasteiger charge is 2.14. The molecule has 0 aliphatic carbocycles. The average molecular weight is 339 g/mol. The summed E-state index contributed by atoms with van der Waals surface area (Å²) >= 11 is 0. The molecular weight excluding hydrogens is 318 g/mol. The summed E-state index contributed by atoms with van der Waals surface area (Å²) in [5.74, 6) is 0.105. The van der Waals surface area contributed by atoms with Crippen LogP contribution in [0.15, 0.2) is 36.7 Å². The lowest BCUT2D eigenvalue weighted by Crippen LogP contribution is -2.31. The molecular formula is C17H21N7O. The Morgan fingerprint density at radius 3 is 2.76 bits per heavy atom. The number of para-hydroxylation sites is 1. The fourth-order valence-corrected chi connectivity index (χ4v) is 2.72. The van der Waals surface area contributed by atoms with Crippen LogP contribution in [-0.2, 0) is 6.54 Å². The quantitative estimate of drug-likeness (QED) is 0.736. The van der Waals surface area contributed by atoms with Gasteiger partial charge in [0.05, 0.1) is 16.9 Å². The van der Waals surface area contributed by atoms with Crippen molar-refractivity contribution in [2.24, 2.45) is 5.92 Å². The van der Waals surface area contributed by atoms with Crippen LogP contribution in [0.3, 0.4) is 0 Å². The molecule has 0 saturated carbocycles. The predicted octanol–water partition coefficient (Wildman–Crippen LogP) is 1.54. The van der Waals surface area contributed by atoms with Gasteiger partial charge in [0, 0.05) is 18.8 Å². The maximum atomic E-state index is 12.6. The van der Waals surface area contributed by atoms with Crippen molar-refractivity contribution in [2.75, 3.05) is 6.54 Å². The molecule has 0 saturated heterocycles. The second kappa shape index (κ2) is 7.25. The van der Waals surface area contributed by atoms with E-state index in [4.69, 9.17) is 0 Å². The maximum Gasteiger partial charge on any atom is 0.253 e. The minimum Gasteiger partial charge on any atom is -0.352 e. The van der Waals surface area contributed by atoms with Crippen LogP contribution >= 0.6 is 0 Å². The highest BCUT2D eigenvalue weighted by Crippen LogP contribution is 2.13. The molecule has 3 rings (SSSR count). The van der Waals surface area contributed by atoms with E-state index in [0.717, 1.165) is 17.9 Å². The number of aryl methyl sites for hydroxylation is 2. The smallest absolute Gasteiger partial charge is 0.253 e. The van der Waals surface area contributed by atoms with Crippen molar-refractivity contribution in [2.45, 2.75) is 27.3 Å². The first kappa shape index (κ1) is 16.8. The van der Waals surface area contributed by atoms with Gasteiger partial charge in [-0.15, -0.1) is 5.10 Å². The monoisotopic (exact) mass is 339 g/mol. The predicted molar refractivity (Wildman–Crippen MR) is 92.4 cm³/mol. The minimum absolute atomic E-state index is 0.147. The number of rotatable bonds is 6. The van der Waals surface area contributed by atoms with E-state index < -0.39 is 0 Å². The molecule has 0 aliphatic heterocycles. The number of tetrazole rings is 1. The van der Waals surface area contributed by atoms with Gasteiger partial charge in [0.2, 0.25) is 0 Å². The van der Waals surface area contributed by atoms with E-state index in [0.29, 0.717) is 17.8 Å². The molecule has 3 aromatic rings. The van der Waals surface area contributed by atoms with Crippen molar-refractivity contribution in [1.82, 2.24) is 35.3 Å². The highest BCUT2D eigenvalue weighted by molar-refractivity contribution is 5.97. The van der Waals surface area contributed by atoms with Crippen molar-refractivity contribution in [3.05, 3.63) is 53.6 Å². The summed E-state index contributed by atoms with van der Waals surface area (Å²) in [4.78, 5) is 12.6. The van der Waals surface area contributed by atoms with Crippen LogP contribution in [0.2, 0.25) is 0 Å². The van der Waals surface area contributed by atoms with Gasteiger partial charge in [-0.2, -0.15) is 9.78 Å². The topological polar surface area (TPSA) is 90.5 Å². The van der Waals surface area contributed by atoms with E-state index in [2.05, 4.69) is 32.9 Å². The summed E-state index contributed by atoms with van der Waals surface area (Å²) in [5, 5.41) is 18.5. The molecule has 1 unspecified atom stereocenters. The molecule has 1 aromatic carbocycles. The van der Waals surface area contributed by atoms with Crippen LogP contribution in [0, 0.1) is 19.8 Å². The third-order valence-electron chi connectivity index (χ3n) is 3.94. The van der Waals surface area contributed by atoms with Gasteiger partial charge in [-0.3, -0.25) is 9.48 Å². The Bertz CT molecular complexity index is 854. The van der Waals surface area contributed by atoms with Crippen LogP contribution in [0.1, 0.15) is 28.7 Å². The number of hydrogen-bond acceptors (Lipinski definition) is 5. The second-order valence-corrected chi connectivity index (χ2v) is 6.20. The molecule has 0 radical (unpaired) electrons. The van der Waals surface area contributed by atoms with Crippen molar-refractivity contribution >= 4 is 5.91 Å². The van der Waals surface area contributed by atoms with E-state index in [1.54, 1.807) is 6.07 Å². The summed E-state index contributed by atoms with van der Waals surface area (Å²) in [6, 6.07) is 9.29. The molecule has 1 amide bonds. The van der Waals surface area contributed by atoms with Crippen LogP contribution in [-0.4, -0.2) is 42.4 Å². The molecule has 0 fully saturated rings. The Kier molecular flexibility index (Phi) is 4.87. The summed E-state index contributed by atoms with van der Waals surface area (Å²) in [7, 11) is 0. The Morgan fingerprint density at radius 1 is 1.28 bits per heavy atom. The molecule has 1 atom stereocenters. The van der Waals surface area contributed by atoms with E-state index >= 15 is 0 Å². The fourth-order valence-electron chi connectivity index (χ4n) is 2.72. The number of aromatic nitrogens is 6. The molecule has 25 heavy (non-hydrogen) atoms. The van der Waals surface area contributed by atoms with Gasteiger partial charge in [-0.1, -0.05) is 19.1 Å². The Labute approximate surface area is 145 Å². The zero-order valence-electron chi connectivity index (χ0n) is 14.5. The lowest BCUT2D eigenvalue weighted by molar-refractivity contribution is 0.0946. The lowest BCUT2D eigenvalue weighted by Gasteiger charge is -2.15. The molecule has 0 aliphatic rings. The van der Waals surface area contributed by atoms with Gasteiger partial charge in [-0.05, 0) is 48.4 Å². The van der Waals surface area contributed by atoms with Crippen LogP contribution < -0.4 is 5.32 Å².